The van der Waals surface area contributed by atoms with Crippen LogP contribution in [0, 0.1) is 0 Å². The number of hydrogen-bond donors (Lipinski definition) is 3. The molecule has 28 heavy (non-hydrogen) atoms. The number of aliphatic hydroxyl groups excluding tert-OH is 2. The molecule has 0 aliphatic heterocycles. The minimum Gasteiger partial charge on any atom is -1.00 e. The number of carbonyl (C=O) groups excluding carboxylic acids is 1. The molecule has 0 rings (SSSR count). The third-order valence-electron chi connectivity index (χ3n) is 5.40. The fraction of sp³-hybridized carbons (Fsp3) is 0.952. The highest BCUT2D eigenvalue weighted by molar-refractivity contribution is 6.73. The number of carbonyl (C=O) groups is 1. The lowest BCUT2D eigenvalue weighted by molar-refractivity contribution is -0.121. The van der Waals surface area contributed by atoms with Gasteiger partial charge in [0.15, 0.2) is 0 Å². The summed E-state index contributed by atoms with van der Waals surface area (Å²) in [6, 6.07) is 0.793. The Labute approximate surface area is 180 Å². The summed E-state index contributed by atoms with van der Waals surface area (Å²) in [5.74, 6) is 0.185. The molecule has 3 N–H and O–H groups in total. The topological polar surface area (TPSA) is 78.8 Å². The number of aliphatic hydroxyl groups is 2. The Morgan fingerprint density at radius 2 is 1.32 bits per heavy atom. The smallest absolute Gasteiger partial charge is 0.242 e. The van der Waals surface area contributed by atoms with Crippen molar-refractivity contribution >= 4 is 14.2 Å². The summed E-state index contributed by atoms with van der Waals surface area (Å²) in [5, 5.41) is 21.8. The molecule has 0 aromatic rings. The maximum absolute atomic E-state index is 11.8. The van der Waals surface area contributed by atoms with Crippen molar-refractivity contribution in [3.05, 3.63) is 0 Å². The molecule has 0 bridgehead atoms. The van der Waals surface area contributed by atoms with E-state index in [1.807, 2.05) is 0 Å². The number of hydrogen-bond acceptors (Lipinski definition) is 4. The monoisotopic (exact) mass is 438 g/mol. The molecule has 7 heteroatoms. The van der Waals surface area contributed by atoms with Gasteiger partial charge in [-0.2, -0.15) is 0 Å². The fourth-order valence-corrected chi connectivity index (χ4v) is 5.05. The summed E-state index contributed by atoms with van der Waals surface area (Å²) >= 11 is 0. The Kier molecular flexibility index (Phi) is 23.1. The van der Waals surface area contributed by atoms with Crippen molar-refractivity contribution < 1.29 is 31.8 Å². The first-order valence-electron chi connectivity index (χ1n) is 11.2. The molecule has 0 radical (unpaired) electrons. The Hall–Kier alpha value is -0.143. The van der Waals surface area contributed by atoms with Gasteiger partial charge >= 0.3 is 0 Å². The average molecular weight is 439 g/mol. The van der Waals surface area contributed by atoms with Crippen LogP contribution in [-0.2, 0) is 9.22 Å². The molecular formula is C21H45ClNO4Si-. The molecular weight excluding hydrogens is 394 g/mol. The summed E-state index contributed by atoms with van der Waals surface area (Å²) in [7, 11) is -0.711. The Morgan fingerprint density at radius 3 is 1.86 bits per heavy atom. The summed E-state index contributed by atoms with van der Waals surface area (Å²) < 4.78 is 5.36. The summed E-state index contributed by atoms with van der Waals surface area (Å²) in [4.78, 5) is 11.8. The Bertz CT molecular complexity index is 336. The molecule has 0 saturated heterocycles. The van der Waals surface area contributed by atoms with Gasteiger partial charge in [0.05, 0.1) is 12.5 Å². The zero-order valence-electron chi connectivity index (χ0n) is 18.3. The molecule has 0 aliphatic rings. The number of amides is 1. The normalized spacial score (nSPS) is 11.3. The molecule has 5 nitrogen and oxygen atoms in total. The lowest BCUT2D eigenvalue weighted by Gasteiger charge is -2.24. The maximum Gasteiger partial charge on any atom is 0.242 e. The van der Waals surface area contributed by atoms with E-state index < -0.39 is 8.32 Å². The number of halogens is 1. The van der Waals surface area contributed by atoms with Gasteiger partial charge in [-0.15, -0.1) is 0 Å². The molecule has 0 saturated carbocycles. The highest BCUT2D eigenvalue weighted by Crippen LogP contribution is 2.15. The van der Waals surface area contributed by atoms with E-state index >= 15 is 0 Å². The zero-order chi connectivity index (χ0) is 20.2. The van der Waals surface area contributed by atoms with Crippen molar-refractivity contribution in [2.75, 3.05) is 26.1 Å². The molecule has 0 atom stereocenters. The third-order valence-corrected chi connectivity index (χ3v) is 8.68. The average Bonchev–Trinajstić information content (AvgIpc) is 2.69. The quantitative estimate of drug-likeness (QED) is 0.197. The molecule has 0 aromatic heterocycles. The van der Waals surface area contributed by atoms with Crippen molar-refractivity contribution in [2.24, 2.45) is 0 Å². The lowest BCUT2D eigenvalue weighted by atomic mass is 10.1. The molecule has 0 spiro atoms. The van der Waals surface area contributed by atoms with E-state index in [9.17, 15) is 15.0 Å². The highest BCUT2D eigenvalue weighted by Gasteiger charge is 2.31. The van der Waals surface area contributed by atoms with Gasteiger partial charge in [-0.25, -0.2) is 0 Å². The first-order valence-corrected chi connectivity index (χ1v) is 13.7. The van der Waals surface area contributed by atoms with Crippen LogP contribution in [0.2, 0.25) is 6.04 Å². The van der Waals surface area contributed by atoms with E-state index in [-0.39, 0.29) is 30.8 Å². The van der Waals surface area contributed by atoms with Crippen LogP contribution in [0.4, 0.5) is 0 Å². The van der Waals surface area contributed by atoms with E-state index in [0.29, 0.717) is 6.42 Å². The van der Waals surface area contributed by atoms with Gasteiger partial charge in [-0.05, 0) is 18.9 Å². The van der Waals surface area contributed by atoms with Crippen LogP contribution >= 0.6 is 0 Å². The van der Waals surface area contributed by atoms with Crippen molar-refractivity contribution in [3.63, 3.8) is 0 Å². The Balaban J connectivity index is 0. The van der Waals surface area contributed by atoms with Gasteiger partial charge in [0, 0.05) is 20.1 Å². The second-order valence-electron chi connectivity index (χ2n) is 7.80. The predicted octanol–water partition coefficient (Wildman–Crippen LogP) is 1.24. The van der Waals surface area contributed by atoms with Gasteiger partial charge in [0.2, 0.25) is 14.2 Å². The van der Waals surface area contributed by atoms with Crippen molar-refractivity contribution in [1.29, 1.82) is 0 Å². The second kappa shape index (κ2) is 21.6. The molecule has 170 valence electrons. The molecule has 0 unspecified atom stereocenters. The molecule has 0 heterocycles. The highest BCUT2D eigenvalue weighted by atomic mass is 35.5. The SMILES string of the molecule is CCCCCCCCCCCC(=O)NCCCCCC[Si](CO)(CO)OC.[Cl-]. The van der Waals surface area contributed by atoms with Gasteiger partial charge in [0.25, 0.3) is 0 Å². The standard InChI is InChI=1S/C21H45NO4Si.ClH/c1-3-4-5-6-7-8-9-10-13-16-21(25)22-17-14-11-12-15-18-27(19-23,20-24)26-2;/h23-24H,3-20H2,1-2H3,(H,22,25);1H/p-1. The van der Waals surface area contributed by atoms with E-state index in [1.54, 1.807) is 7.11 Å². The zero-order valence-corrected chi connectivity index (χ0v) is 20.1. The van der Waals surface area contributed by atoms with Crippen LogP contribution < -0.4 is 17.7 Å². The van der Waals surface area contributed by atoms with Crippen LogP contribution in [0.3, 0.4) is 0 Å². The van der Waals surface area contributed by atoms with Crippen LogP contribution in [0.5, 0.6) is 0 Å². The van der Waals surface area contributed by atoms with E-state index in [0.717, 1.165) is 44.7 Å². The van der Waals surface area contributed by atoms with E-state index in [2.05, 4.69) is 12.2 Å². The minimum atomic E-state index is -2.30. The largest absolute Gasteiger partial charge is 1.00 e. The summed E-state index contributed by atoms with van der Waals surface area (Å²) in [6.45, 7) is 3.00. The fourth-order valence-electron chi connectivity index (χ4n) is 3.28. The van der Waals surface area contributed by atoms with E-state index in [4.69, 9.17) is 4.43 Å². The molecule has 0 aliphatic carbocycles. The number of unbranched alkanes of at least 4 members (excludes halogenated alkanes) is 11. The van der Waals surface area contributed by atoms with Gasteiger partial charge in [-0.1, -0.05) is 77.6 Å². The molecule has 0 aromatic carbocycles. The minimum absolute atomic E-state index is 0. The van der Waals surface area contributed by atoms with Crippen LogP contribution in [0.25, 0.3) is 0 Å². The third kappa shape index (κ3) is 16.8. The maximum atomic E-state index is 11.8. The Morgan fingerprint density at radius 1 is 0.821 bits per heavy atom. The lowest BCUT2D eigenvalue weighted by Crippen LogP contribution is -3.00. The second-order valence-corrected chi connectivity index (χ2v) is 11.7. The molecule has 0 fully saturated rings. The van der Waals surface area contributed by atoms with Crippen LogP contribution in [-0.4, -0.2) is 50.6 Å². The van der Waals surface area contributed by atoms with Crippen molar-refractivity contribution in [1.82, 2.24) is 5.32 Å². The first-order chi connectivity index (χ1) is 13.1. The van der Waals surface area contributed by atoms with Crippen LogP contribution in [0.1, 0.15) is 96.8 Å². The van der Waals surface area contributed by atoms with Gasteiger partial charge in [0.1, 0.15) is 0 Å². The summed E-state index contributed by atoms with van der Waals surface area (Å²) in [5.41, 5.74) is 0. The summed E-state index contributed by atoms with van der Waals surface area (Å²) in [6.07, 6.45) is 16.2. The number of nitrogens with one attached hydrogen (secondary N) is 1. The first kappa shape index (κ1) is 30.1. The van der Waals surface area contributed by atoms with Gasteiger partial charge in [-0.3, -0.25) is 4.79 Å². The predicted molar refractivity (Wildman–Crippen MR) is 115 cm³/mol. The van der Waals surface area contributed by atoms with Crippen molar-refractivity contribution in [3.8, 4) is 0 Å². The van der Waals surface area contributed by atoms with Gasteiger partial charge < -0.3 is 32.4 Å². The molecule has 1 amide bonds. The van der Waals surface area contributed by atoms with Crippen molar-refractivity contribution in [2.45, 2.75) is 103 Å². The number of rotatable bonds is 20. The van der Waals surface area contributed by atoms with E-state index in [1.165, 1.54) is 51.4 Å². The van der Waals surface area contributed by atoms with Crippen LogP contribution in [0.15, 0.2) is 0 Å².